The minimum absolute atomic E-state index is 0.00409. The fourth-order valence-corrected chi connectivity index (χ4v) is 5.21. The number of rotatable bonds is 8. The van der Waals surface area contributed by atoms with Gasteiger partial charge in [-0.25, -0.2) is 4.98 Å². The van der Waals surface area contributed by atoms with Gasteiger partial charge in [0.25, 0.3) is 5.69 Å². The number of anilines is 1. The lowest BCUT2D eigenvalue weighted by molar-refractivity contribution is -0.385. The molecule has 0 fully saturated rings. The molecule has 174 valence electrons. The predicted molar refractivity (Wildman–Crippen MR) is 134 cm³/mol. The second-order valence-electron chi connectivity index (χ2n) is 7.60. The number of nitrogens with two attached hydrogens (primary N) is 1. The van der Waals surface area contributed by atoms with Gasteiger partial charge in [-0.3, -0.25) is 15.8 Å². The van der Waals surface area contributed by atoms with Gasteiger partial charge < -0.3 is 9.47 Å². The average Bonchev–Trinajstić information content (AvgIpc) is 3.23. The molecule has 0 bridgehead atoms. The van der Waals surface area contributed by atoms with Gasteiger partial charge in [0, 0.05) is 28.3 Å². The van der Waals surface area contributed by atoms with Crippen LogP contribution in [0.25, 0.3) is 10.4 Å². The Bertz CT molecular complexity index is 1320. The Hall–Kier alpha value is -3.62. The van der Waals surface area contributed by atoms with E-state index in [2.05, 4.69) is 4.98 Å². The van der Waals surface area contributed by atoms with Crippen molar-refractivity contribution < 1.29 is 19.4 Å². The standard InChI is InChI=1S/C25H22ClN3O4S/c1-32-18-10-7-15(8-11-18)20(14-16-13-17(29(30)31)9-12-22(16)33-2)23-24(34-25(27)28-23)19-5-3-4-6-21(19)26/h3-13,20H,14H2,1-2H3,(H2,27,28)/p+1. The molecule has 0 aliphatic heterocycles. The molecule has 4 rings (SSSR count). The molecule has 3 aromatic carbocycles. The number of hydrogen-bond donors (Lipinski definition) is 1. The molecule has 0 radical (unpaired) electrons. The lowest BCUT2D eigenvalue weighted by Crippen LogP contribution is -2.18. The van der Waals surface area contributed by atoms with Crippen LogP contribution in [-0.4, -0.2) is 19.1 Å². The summed E-state index contributed by atoms with van der Waals surface area (Å²) in [4.78, 5) is 15.3. The number of non-ortho nitro benzene ring substituents is 1. The minimum atomic E-state index is -0.408. The van der Waals surface area contributed by atoms with Crippen LogP contribution in [-0.2, 0) is 6.42 Å². The van der Waals surface area contributed by atoms with E-state index in [9.17, 15) is 10.1 Å². The Morgan fingerprint density at radius 1 is 1.09 bits per heavy atom. The highest BCUT2D eigenvalue weighted by Crippen LogP contribution is 2.41. The van der Waals surface area contributed by atoms with Gasteiger partial charge in [-0.2, -0.15) is 0 Å². The third-order valence-corrected chi connectivity index (χ3v) is 6.89. The molecule has 3 N–H and O–H groups in total. The van der Waals surface area contributed by atoms with Crippen LogP contribution in [0.4, 0.5) is 10.8 Å². The number of aromatic nitrogens is 1. The van der Waals surface area contributed by atoms with Crippen molar-refractivity contribution in [1.29, 1.82) is 0 Å². The molecule has 0 amide bonds. The molecule has 9 heteroatoms. The second kappa shape index (κ2) is 10.1. The van der Waals surface area contributed by atoms with Crippen LogP contribution in [0.5, 0.6) is 11.5 Å². The van der Waals surface area contributed by atoms with E-state index in [1.165, 1.54) is 17.4 Å². The molecule has 1 unspecified atom stereocenters. The number of nitrogens with one attached hydrogen (secondary N) is 1. The van der Waals surface area contributed by atoms with Crippen molar-refractivity contribution in [3.63, 3.8) is 0 Å². The van der Waals surface area contributed by atoms with Gasteiger partial charge in [0.2, 0.25) is 0 Å². The monoisotopic (exact) mass is 496 g/mol. The molecule has 1 aromatic heterocycles. The number of ether oxygens (including phenoxy) is 2. The van der Waals surface area contributed by atoms with Crippen molar-refractivity contribution in [2.24, 2.45) is 0 Å². The van der Waals surface area contributed by atoms with Crippen LogP contribution < -0.4 is 20.2 Å². The minimum Gasteiger partial charge on any atom is -0.497 e. The van der Waals surface area contributed by atoms with Crippen LogP contribution in [0.15, 0.2) is 66.7 Å². The van der Waals surface area contributed by atoms with Gasteiger partial charge in [-0.15, -0.1) is 0 Å². The largest absolute Gasteiger partial charge is 0.497 e. The fraction of sp³-hybridized carbons (Fsp3) is 0.160. The average molecular weight is 497 g/mol. The molecule has 1 heterocycles. The van der Waals surface area contributed by atoms with Gasteiger partial charge in [0.1, 0.15) is 17.2 Å². The summed E-state index contributed by atoms with van der Waals surface area (Å²) < 4.78 is 10.9. The Balaban J connectivity index is 1.89. The Morgan fingerprint density at radius 3 is 2.47 bits per heavy atom. The van der Waals surface area contributed by atoms with E-state index in [4.69, 9.17) is 26.8 Å². The van der Waals surface area contributed by atoms with Crippen LogP contribution in [0.1, 0.15) is 22.7 Å². The number of nitro groups is 1. The van der Waals surface area contributed by atoms with Gasteiger partial charge >= 0.3 is 5.13 Å². The van der Waals surface area contributed by atoms with Crippen LogP contribution in [0, 0.1) is 10.1 Å². The summed E-state index contributed by atoms with van der Waals surface area (Å²) in [6.45, 7) is 0. The molecule has 1 atom stereocenters. The summed E-state index contributed by atoms with van der Waals surface area (Å²) in [6, 6.07) is 19.9. The molecule has 7 nitrogen and oxygen atoms in total. The number of aromatic amines is 1. The smallest absolute Gasteiger partial charge is 0.330 e. The zero-order valence-electron chi connectivity index (χ0n) is 18.6. The van der Waals surface area contributed by atoms with Crippen molar-refractivity contribution in [1.82, 2.24) is 0 Å². The normalized spacial score (nSPS) is 11.7. The predicted octanol–water partition coefficient (Wildman–Crippen LogP) is 5.76. The summed E-state index contributed by atoms with van der Waals surface area (Å²) in [5, 5.41) is 12.6. The van der Waals surface area contributed by atoms with E-state index in [0.717, 1.165) is 27.4 Å². The number of halogens is 1. The van der Waals surface area contributed by atoms with Crippen LogP contribution >= 0.6 is 22.9 Å². The van der Waals surface area contributed by atoms with E-state index >= 15 is 0 Å². The Morgan fingerprint density at radius 2 is 1.82 bits per heavy atom. The summed E-state index contributed by atoms with van der Waals surface area (Å²) in [7, 11) is 3.17. The number of thiazole rings is 1. The summed E-state index contributed by atoms with van der Waals surface area (Å²) in [5.74, 6) is 1.09. The lowest BCUT2D eigenvalue weighted by atomic mass is 9.87. The lowest BCUT2D eigenvalue weighted by Gasteiger charge is -2.18. The van der Waals surface area contributed by atoms with E-state index in [-0.39, 0.29) is 11.6 Å². The maximum atomic E-state index is 11.4. The topological polar surface area (TPSA) is 102 Å². The Labute approximate surface area is 205 Å². The highest BCUT2D eigenvalue weighted by atomic mass is 35.5. The van der Waals surface area contributed by atoms with Gasteiger partial charge in [-0.05, 0) is 47.6 Å². The van der Waals surface area contributed by atoms with E-state index < -0.39 is 4.92 Å². The van der Waals surface area contributed by atoms with E-state index in [0.29, 0.717) is 27.9 Å². The highest BCUT2D eigenvalue weighted by Gasteiger charge is 2.28. The number of nitrogens with zero attached hydrogens (tertiary/aromatic N) is 1. The van der Waals surface area contributed by atoms with Crippen molar-refractivity contribution >= 4 is 33.8 Å². The first-order chi connectivity index (χ1) is 16.4. The maximum absolute atomic E-state index is 11.4. The summed E-state index contributed by atoms with van der Waals surface area (Å²) in [6.07, 6.45) is 0.432. The third-order valence-electron chi connectivity index (χ3n) is 5.60. The van der Waals surface area contributed by atoms with E-state index in [1.54, 1.807) is 26.4 Å². The van der Waals surface area contributed by atoms with Crippen molar-refractivity contribution in [3.05, 3.63) is 98.7 Å². The molecular formula is C25H23ClN3O4S+. The summed E-state index contributed by atoms with van der Waals surface area (Å²) in [5.41, 5.74) is 9.66. The zero-order chi connectivity index (χ0) is 24.2. The Kier molecular flexibility index (Phi) is 7.00. The fourth-order valence-electron chi connectivity index (χ4n) is 3.95. The van der Waals surface area contributed by atoms with Gasteiger partial charge in [-0.1, -0.05) is 41.9 Å². The SMILES string of the molecule is COc1ccc(C(Cc2cc([N+](=O)[O-])ccc2OC)c2[nH+]c(N)sc2-c2ccccc2Cl)cc1. The van der Waals surface area contributed by atoms with Crippen molar-refractivity contribution in [2.45, 2.75) is 12.3 Å². The first-order valence-corrected chi connectivity index (χ1v) is 11.6. The molecular weight excluding hydrogens is 474 g/mol. The van der Waals surface area contributed by atoms with Gasteiger partial charge in [0.05, 0.1) is 29.9 Å². The third kappa shape index (κ3) is 4.83. The first kappa shape index (κ1) is 23.5. The molecule has 34 heavy (non-hydrogen) atoms. The molecule has 0 aliphatic rings. The molecule has 0 aliphatic carbocycles. The zero-order valence-corrected chi connectivity index (χ0v) is 20.2. The second-order valence-corrected chi connectivity index (χ2v) is 9.06. The number of benzene rings is 3. The number of methoxy groups -OCH3 is 2. The highest BCUT2D eigenvalue weighted by molar-refractivity contribution is 7.18. The number of H-pyrrole nitrogens is 1. The van der Waals surface area contributed by atoms with Crippen LogP contribution in [0.3, 0.4) is 0 Å². The molecule has 0 saturated heterocycles. The number of nitro benzene ring substituents is 1. The number of nitrogen functional groups attached to an aromatic ring is 1. The van der Waals surface area contributed by atoms with E-state index in [1.807, 2.05) is 48.5 Å². The van der Waals surface area contributed by atoms with Crippen molar-refractivity contribution in [2.75, 3.05) is 20.0 Å². The maximum Gasteiger partial charge on any atom is 0.330 e. The van der Waals surface area contributed by atoms with Crippen LogP contribution in [0.2, 0.25) is 5.02 Å². The quantitative estimate of drug-likeness (QED) is 0.246. The number of hydrogen-bond acceptors (Lipinski definition) is 6. The molecule has 4 aromatic rings. The van der Waals surface area contributed by atoms with Crippen molar-refractivity contribution in [3.8, 4) is 21.9 Å². The van der Waals surface area contributed by atoms with Gasteiger partial charge in [0.15, 0.2) is 0 Å². The molecule has 0 spiro atoms. The summed E-state index contributed by atoms with van der Waals surface area (Å²) >= 11 is 7.95. The molecule has 0 saturated carbocycles. The first-order valence-electron chi connectivity index (χ1n) is 10.4.